The number of ether oxygens (including phenoxy) is 1. The highest BCUT2D eigenvalue weighted by atomic mass is 35.5. The van der Waals surface area contributed by atoms with E-state index in [0.29, 0.717) is 24.1 Å². The molecular weight excluding hydrogens is 442 g/mol. The van der Waals surface area contributed by atoms with Crippen LogP contribution in [0.15, 0.2) is 66.7 Å². The summed E-state index contributed by atoms with van der Waals surface area (Å²) < 4.78 is 5.40. The van der Waals surface area contributed by atoms with Crippen LogP contribution >= 0.6 is 11.6 Å². The van der Waals surface area contributed by atoms with Gasteiger partial charge in [-0.25, -0.2) is 0 Å². The van der Waals surface area contributed by atoms with E-state index in [1.54, 1.807) is 30.2 Å². The van der Waals surface area contributed by atoms with Crippen molar-refractivity contribution in [2.45, 2.75) is 12.5 Å². The number of fused-ring (bicyclic) bond motifs is 3. The fourth-order valence-electron chi connectivity index (χ4n) is 4.55. The highest BCUT2D eigenvalue weighted by Crippen LogP contribution is 2.41. The molecule has 0 bridgehead atoms. The number of rotatable bonds is 4. The number of amides is 1. The molecule has 1 aromatic heterocycles. The maximum absolute atomic E-state index is 13.5. The van der Waals surface area contributed by atoms with Crippen LogP contribution in [-0.2, 0) is 6.42 Å². The Labute approximate surface area is 194 Å². The van der Waals surface area contributed by atoms with Crippen LogP contribution in [0.2, 0.25) is 5.02 Å². The summed E-state index contributed by atoms with van der Waals surface area (Å²) in [4.78, 5) is 29.8. The van der Waals surface area contributed by atoms with E-state index in [2.05, 4.69) is 4.98 Å². The molecule has 33 heavy (non-hydrogen) atoms. The van der Waals surface area contributed by atoms with Crippen molar-refractivity contribution >= 4 is 34.1 Å². The molecule has 1 amide bonds. The zero-order chi connectivity index (χ0) is 23.1. The lowest BCUT2D eigenvalue weighted by Gasteiger charge is -2.36. The number of hydrogen-bond acceptors (Lipinski definition) is 4. The average molecular weight is 462 g/mol. The van der Waals surface area contributed by atoms with Gasteiger partial charge in [-0.15, -0.1) is 0 Å². The fraction of sp³-hybridized carbons (Fsp3) is 0.160. The van der Waals surface area contributed by atoms with E-state index in [0.717, 1.165) is 27.9 Å². The molecule has 0 spiro atoms. The van der Waals surface area contributed by atoms with Crippen molar-refractivity contribution in [1.29, 1.82) is 0 Å². The maximum atomic E-state index is 13.5. The van der Waals surface area contributed by atoms with E-state index in [-0.39, 0.29) is 16.6 Å². The molecule has 0 aliphatic carbocycles. The first-order valence-corrected chi connectivity index (χ1v) is 10.8. The quantitative estimate of drug-likeness (QED) is 0.320. The van der Waals surface area contributed by atoms with Crippen molar-refractivity contribution < 1.29 is 14.5 Å². The molecular formula is C25H20ClN3O4. The predicted molar refractivity (Wildman–Crippen MR) is 126 cm³/mol. The third kappa shape index (κ3) is 3.60. The largest absolute Gasteiger partial charge is 0.497 e. The lowest BCUT2D eigenvalue weighted by molar-refractivity contribution is -0.384. The van der Waals surface area contributed by atoms with Crippen molar-refractivity contribution in [2.75, 3.05) is 13.7 Å². The second-order valence-corrected chi connectivity index (χ2v) is 8.32. The number of halogens is 1. The molecule has 0 radical (unpaired) electrons. The molecule has 4 aromatic rings. The van der Waals surface area contributed by atoms with E-state index in [1.807, 2.05) is 36.4 Å². The van der Waals surface area contributed by atoms with Crippen molar-refractivity contribution in [2.24, 2.45) is 0 Å². The molecule has 0 saturated heterocycles. The van der Waals surface area contributed by atoms with Gasteiger partial charge in [0.25, 0.3) is 11.6 Å². The number of aromatic nitrogens is 1. The zero-order valence-corrected chi connectivity index (χ0v) is 18.5. The number of carbonyl (C=O) groups is 1. The smallest absolute Gasteiger partial charge is 0.288 e. The standard InChI is InChI=1S/C25H20ClN3O4/c1-33-17-8-10-21-19(14-17)18-11-12-28(25(30)15-5-3-2-4-6-15)24(23(18)27-21)16-7-9-20(26)22(13-16)29(31)32/h2-10,13-14,24,27H,11-12H2,1H3. The third-order valence-corrected chi connectivity index (χ3v) is 6.42. The van der Waals surface area contributed by atoms with E-state index in [4.69, 9.17) is 16.3 Å². The van der Waals surface area contributed by atoms with Crippen LogP contribution in [0.5, 0.6) is 5.75 Å². The fourth-order valence-corrected chi connectivity index (χ4v) is 4.73. The van der Waals surface area contributed by atoms with Gasteiger partial charge < -0.3 is 14.6 Å². The second-order valence-electron chi connectivity index (χ2n) is 7.91. The van der Waals surface area contributed by atoms with Gasteiger partial charge in [0.1, 0.15) is 10.8 Å². The summed E-state index contributed by atoms with van der Waals surface area (Å²) in [6.07, 6.45) is 0.646. The monoisotopic (exact) mass is 461 g/mol. The SMILES string of the molecule is COc1ccc2[nH]c3c(c2c1)CCN(C(=O)c1ccccc1)C3c1ccc(Cl)c([N+](=O)[O-])c1. The number of hydrogen-bond donors (Lipinski definition) is 1. The minimum absolute atomic E-state index is 0.0575. The molecule has 5 rings (SSSR count). The van der Waals surface area contributed by atoms with Crippen molar-refractivity contribution in [3.05, 3.63) is 104 Å². The van der Waals surface area contributed by atoms with Crippen molar-refractivity contribution in [1.82, 2.24) is 9.88 Å². The Kier molecular flexibility index (Phi) is 5.26. The Bertz CT molecular complexity index is 1380. The summed E-state index contributed by atoms with van der Waals surface area (Å²) >= 11 is 6.08. The third-order valence-electron chi connectivity index (χ3n) is 6.10. The van der Waals surface area contributed by atoms with Crippen LogP contribution in [0.1, 0.15) is 33.2 Å². The van der Waals surface area contributed by atoms with Crippen molar-refractivity contribution in [3.8, 4) is 5.75 Å². The minimum atomic E-state index is -0.532. The summed E-state index contributed by atoms with van der Waals surface area (Å²) in [7, 11) is 1.62. The molecule has 1 aliphatic rings. The van der Waals surface area contributed by atoms with Crippen LogP contribution in [0.3, 0.4) is 0 Å². The number of nitro groups is 1. The Morgan fingerprint density at radius 3 is 2.67 bits per heavy atom. The number of nitrogens with one attached hydrogen (secondary N) is 1. The summed E-state index contributed by atoms with van der Waals surface area (Å²) in [6.45, 7) is 0.464. The van der Waals surface area contributed by atoms with Crippen LogP contribution in [0.4, 0.5) is 5.69 Å². The molecule has 1 atom stereocenters. The number of benzene rings is 3. The van der Waals surface area contributed by atoms with Crippen molar-refractivity contribution in [3.63, 3.8) is 0 Å². The average Bonchev–Trinajstić information content (AvgIpc) is 3.21. The van der Waals surface area contributed by atoms with Gasteiger partial charge in [-0.1, -0.05) is 35.9 Å². The maximum Gasteiger partial charge on any atom is 0.288 e. The second kappa shape index (κ2) is 8.26. The summed E-state index contributed by atoms with van der Waals surface area (Å²) in [5.74, 6) is 0.603. The van der Waals surface area contributed by atoms with Gasteiger partial charge in [-0.05, 0) is 53.9 Å². The first-order chi connectivity index (χ1) is 16.0. The Hall–Kier alpha value is -3.84. The van der Waals surface area contributed by atoms with E-state index in [1.165, 1.54) is 12.1 Å². The normalized spacial score (nSPS) is 15.3. The molecule has 1 N–H and O–H groups in total. The lowest BCUT2D eigenvalue weighted by atomic mass is 9.91. The van der Waals surface area contributed by atoms with Gasteiger partial charge in [0.05, 0.1) is 18.1 Å². The molecule has 1 unspecified atom stereocenters. The number of nitro benzene ring substituents is 1. The van der Waals surface area contributed by atoms with Crippen LogP contribution in [-0.4, -0.2) is 34.4 Å². The van der Waals surface area contributed by atoms with Crippen LogP contribution in [0, 0.1) is 10.1 Å². The van der Waals surface area contributed by atoms with Gasteiger partial charge in [-0.2, -0.15) is 0 Å². The molecule has 1 aliphatic heterocycles. The molecule has 166 valence electrons. The highest BCUT2D eigenvalue weighted by Gasteiger charge is 2.36. The molecule has 8 heteroatoms. The van der Waals surface area contributed by atoms with E-state index < -0.39 is 11.0 Å². The van der Waals surface area contributed by atoms with Gasteiger partial charge in [0.15, 0.2) is 0 Å². The van der Waals surface area contributed by atoms with Gasteiger partial charge in [0, 0.05) is 34.8 Å². The highest BCUT2D eigenvalue weighted by molar-refractivity contribution is 6.32. The number of H-pyrrole nitrogens is 1. The molecule has 3 aromatic carbocycles. The van der Waals surface area contributed by atoms with Gasteiger partial charge in [-0.3, -0.25) is 14.9 Å². The first kappa shape index (κ1) is 21.0. The molecule has 0 saturated carbocycles. The Balaban J connectivity index is 1.70. The summed E-state index contributed by atoms with van der Waals surface area (Å²) in [5.41, 5.74) is 3.82. The Morgan fingerprint density at radius 1 is 1.15 bits per heavy atom. The minimum Gasteiger partial charge on any atom is -0.497 e. The van der Waals surface area contributed by atoms with Crippen LogP contribution < -0.4 is 4.74 Å². The first-order valence-electron chi connectivity index (χ1n) is 10.5. The Morgan fingerprint density at radius 2 is 1.94 bits per heavy atom. The predicted octanol–water partition coefficient (Wildman–Crippen LogP) is 5.53. The van der Waals surface area contributed by atoms with Gasteiger partial charge >= 0.3 is 0 Å². The van der Waals surface area contributed by atoms with Gasteiger partial charge in [0.2, 0.25) is 0 Å². The molecule has 2 heterocycles. The molecule has 0 fully saturated rings. The lowest BCUT2D eigenvalue weighted by Crippen LogP contribution is -2.40. The number of methoxy groups -OCH3 is 1. The van der Waals surface area contributed by atoms with E-state index >= 15 is 0 Å². The summed E-state index contributed by atoms with van der Waals surface area (Å²) in [5, 5.41) is 12.6. The number of aromatic amines is 1. The molecule has 7 nitrogen and oxygen atoms in total. The van der Waals surface area contributed by atoms with E-state index in [9.17, 15) is 14.9 Å². The van der Waals surface area contributed by atoms with Crippen LogP contribution in [0.25, 0.3) is 10.9 Å². The summed E-state index contributed by atoms with van der Waals surface area (Å²) in [6, 6.07) is 19.0. The zero-order valence-electron chi connectivity index (χ0n) is 17.7. The number of carbonyl (C=O) groups excluding carboxylic acids is 1. The topological polar surface area (TPSA) is 88.5 Å². The number of nitrogens with zero attached hydrogens (tertiary/aromatic N) is 2.